The van der Waals surface area contributed by atoms with E-state index >= 15 is 0 Å². The summed E-state index contributed by atoms with van der Waals surface area (Å²) < 4.78 is 13.4. The summed E-state index contributed by atoms with van der Waals surface area (Å²) in [6, 6.07) is 0. The van der Waals surface area contributed by atoms with Crippen LogP contribution < -0.4 is 14.6 Å². The number of anilines is 1. The molecule has 5 rings (SSSR count). The van der Waals surface area contributed by atoms with E-state index in [1.54, 1.807) is 17.7 Å². The molecule has 5 heterocycles. The Bertz CT molecular complexity index is 1070. The Morgan fingerprint density at radius 1 is 1.31 bits per heavy atom. The molecule has 7 heteroatoms. The van der Waals surface area contributed by atoms with Gasteiger partial charge in [0.25, 0.3) is 6.33 Å². The Hall–Kier alpha value is -1.99. The number of thiophene rings is 1. The fourth-order valence-electron chi connectivity index (χ4n) is 4.36. The number of fused-ring (bicyclic) bond motifs is 5. The van der Waals surface area contributed by atoms with Crippen LogP contribution in [0.5, 0.6) is 5.88 Å². The second-order valence-electron chi connectivity index (χ2n) is 8.84. The number of nitrogens with zero attached hydrogens (tertiary/aromatic N) is 3. The SMILES string of the molecule is CC[C@@H](C)Oc1[nH+]cnc2c1sc1nc(N3CCCC3)c3c(c12)CC(C)(C)OC3. The Kier molecular flexibility index (Phi) is 4.62. The molecule has 1 atom stereocenters. The van der Waals surface area contributed by atoms with Crippen LogP contribution in [0.2, 0.25) is 0 Å². The molecule has 2 aliphatic rings. The molecule has 1 N–H and O–H groups in total. The lowest BCUT2D eigenvalue weighted by atomic mass is 9.90. The number of ether oxygens (including phenoxy) is 2. The van der Waals surface area contributed by atoms with Gasteiger partial charge in [0.1, 0.15) is 10.6 Å². The van der Waals surface area contributed by atoms with Crippen LogP contribution in [0.1, 0.15) is 58.1 Å². The molecule has 2 aliphatic heterocycles. The van der Waals surface area contributed by atoms with Crippen LogP contribution in [0.25, 0.3) is 20.4 Å². The van der Waals surface area contributed by atoms with E-state index in [-0.39, 0.29) is 11.7 Å². The zero-order valence-electron chi connectivity index (χ0n) is 17.7. The number of pyridine rings is 1. The fraction of sp³-hybridized carbons (Fsp3) is 0.591. The first-order valence-electron chi connectivity index (χ1n) is 10.7. The molecule has 0 aromatic carbocycles. The minimum atomic E-state index is -0.186. The molecule has 1 fully saturated rings. The van der Waals surface area contributed by atoms with Gasteiger partial charge in [-0.1, -0.05) is 6.92 Å². The highest BCUT2D eigenvalue weighted by molar-refractivity contribution is 7.25. The lowest BCUT2D eigenvalue weighted by Gasteiger charge is -2.34. The predicted molar refractivity (Wildman–Crippen MR) is 116 cm³/mol. The van der Waals surface area contributed by atoms with Crippen LogP contribution >= 0.6 is 11.3 Å². The topological polar surface area (TPSA) is 61.6 Å². The van der Waals surface area contributed by atoms with E-state index in [0.717, 1.165) is 52.7 Å². The van der Waals surface area contributed by atoms with Crippen molar-refractivity contribution in [1.82, 2.24) is 9.97 Å². The minimum absolute atomic E-state index is 0.149. The number of nitrogens with one attached hydrogen (secondary N) is 1. The van der Waals surface area contributed by atoms with Crippen LogP contribution in [0.3, 0.4) is 0 Å². The second-order valence-corrected chi connectivity index (χ2v) is 9.84. The Balaban J connectivity index is 1.76. The summed E-state index contributed by atoms with van der Waals surface area (Å²) in [6.07, 6.45) is 6.19. The zero-order valence-corrected chi connectivity index (χ0v) is 18.5. The molecule has 6 nitrogen and oxygen atoms in total. The molecular weight excluding hydrogens is 384 g/mol. The summed E-state index contributed by atoms with van der Waals surface area (Å²) in [5.41, 5.74) is 3.41. The van der Waals surface area contributed by atoms with Crippen LogP contribution in [-0.2, 0) is 17.8 Å². The number of H-pyrrole nitrogens is 1. The molecule has 154 valence electrons. The summed E-state index contributed by atoms with van der Waals surface area (Å²) in [4.78, 5) is 16.6. The number of aromatic nitrogens is 3. The van der Waals surface area contributed by atoms with E-state index in [0.29, 0.717) is 6.61 Å². The molecule has 0 spiro atoms. The van der Waals surface area contributed by atoms with Crippen molar-refractivity contribution < 1.29 is 14.5 Å². The zero-order chi connectivity index (χ0) is 20.2. The van der Waals surface area contributed by atoms with Gasteiger partial charge in [-0.25, -0.2) is 9.97 Å². The molecule has 0 radical (unpaired) electrons. The molecule has 0 saturated carbocycles. The maximum atomic E-state index is 6.21. The van der Waals surface area contributed by atoms with Crippen LogP contribution in [-0.4, -0.2) is 34.8 Å². The predicted octanol–water partition coefficient (Wildman–Crippen LogP) is 4.29. The first-order chi connectivity index (χ1) is 14.0. The van der Waals surface area contributed by atoms with E-state index in [1.165, 1.54) is 29.4 Å². The Morgan fingerprint density at radius 3 is 2.86 bits per heavy atom. The average molecular weight is 414 g/mol. The molecule has 0 aliphatic carbocycles. The van der Waals surface area contributed by atoms with Gasteiger partial charge in [0, 0.05) is 25.1 Å². The monoisotopic (exact) mass is 413 g/mol. The number of aromatic amines is 1. The van der Waals surface area contributed by atoms with Crippen LogP contribution in [0.4, 0.5) is 5.82 Å². The summed E-state index contributed by atoms with van der Waals surface area (Å²) in [6.45, 7) is 11.3. The van der Waals surface area contributed by atoms with E-state index in [9.17, 15) is 0 Å². The fourth-order valence-corrected chi connectivity index (χ4v) is 5.46. The Labute approximate surface area is 175 Å². The van der Waals surface area contributed by atoms with Gasteiger partial charge >= 0.3 is 5.88 Å². The van der Waals surface area contributed by atoms with Crippen molar-refractivity contribution in [2.45, 2.75) is 71.7 Å². The highest BCUT2D eigenvalue weighted by Gasteiger charge is 2.34. The van der Waals surface area contributed by atoms with Crippen LogP contribution in [0, 0.1) is 0 Å². The Morgan fingerprint density at radius 2 is 2.10 bits per heavy atom. The smallest absolute Gasteiger partial charge is 0.304 e. The standard InChI is InChI=1S/C22H28N4O2S/c1-5-13(2)28-20-18-17(23-12-24-20)16-14-10-22(3,4)27-11-15(14)19(25-21(16)29-18)26-8-6-7-9-26/h12-13H,5-11H2,1-4H3/p+1/t13-/m1/s1. The van der Waals surface area contributed by atoms with Gasteiger partial charge in [0.15, 0.2) is 4.70 Å². The third-order valence-corrected chi connectivity index (χ3v) is 7.18. The first-order valence-corrected chi connectivity index (χ1v) is 11.5. The van der Waals surface area contributed by atoms with Crippen LogP contribution in [0.15, 0.2) is 6.33 Å². The largest absolute Gasteiger partial charge is 0.458 e. The third-order valence-electron chi connectivity index (χ3n) is 6.11. The van der Waals surface area contributed by atoms with Gasteiger partial charge in [-0.05, 0) is 50.6 Å². The van der Waals surface area contributed by atoms with E-state index < -0.39 is 0 Å². The summed E-state index contributed by atoms with van der Waals surface area (Å²) in [7, 11) is 0. The normalized spacial score (nSPS) is 19.7. The van der Waals surface area contributed by atoms with Crippen molar-refractivity contribution >= 4 is 37.6 Å². The lowest BCUT2D eigenvalue weighted by Crippen LogP contribution is -2.33. The summed E-state index contributed by atoms with van der Waals surface area (Å²) in [5, 5.41) is 1.18. The number of hydrogen-bond donors (Lipinski definition) is 0. The molecule has 3 aromatic rings. The van der Waals surface area contributed by atoms with Crippen molar-refractivity contribution in [2.75, 3.05) is 18.0 Å². The quantitative estimate of drug-likeness (QED) is 0.639. The first kappa shape index (κ1) is 19.0. The number of rotatable bonds is 4. The molecule has 29 heavy (non-hydrogen) atoms. The van der Waals surface area contributed by atoms with Gasteiger partial charge in [-0.3, -0.25) is 0 Å². The van der Waals surface area contributed by atoms with Gasteiger partial charge in [-0.15, -0.1) is 11.3 Å². The molecular formula is C22H29N4O2S+. The highest BCUT2D eigenvalue weighted by atomic mass is 32.1. The van der Waals surface area contributed by atoms with E-state index in [4.69, 9.17) is 19.4 Å². The van der Waals surface area contributed by atoms with E-state index in [1.807, 2.05) is 0 Å². The van der Waals surface area contributed by atoms with E-state index in [2.05, 4.69) is 37.6 Å². The van der Waals surface area contributed by atoms with Gasteiger partial charge in [0.2, 0.25) is 5.52 Å². The molecule has 3 aromatic heterocycles. The van der Waals surface area contributed by atoms with Crippen molar-refractivity contribution in [1.29, 1.82) is 0 Å². The molecule has 0 amide bonds. The maximum absolute atomic E-state index is 6.21. The third kappa shape index (κ3) is 3.24. The maximum Gasteiger partial charge on any atom is 0.304 e. The molecule has 1 saturated heterocycles. The molecule has 0 unspecified atom stereocenters. The van der Waals surface area contributed by atoms with Crippen molar-refractivity contribution in [3.05, 3.63) is 17.5 Å². The second kappa shape index (κ2) is 7.06. The highest BCUT2D eigenvalue weighted by Crippen LogP contribution is 2.44. The van der Waals surface area contributed by atoms with Crippen molar-refractivity contribution in [3.63, 3.8) is 0 Å². The number of hydrogen-bond acceptors (Lipinski definition) is 6. The average Bonchev–Trinajstić information content (AvgIpc) is 3.34. The van der Waals surface area contributed by atoms with Gasteiger partial charge in [0.05, 0.1) is 23.7 Å². The van der Waals surface area contributed by atoms with Gasteiger partial charge in [-0.2, -0.15) is 0 Å². The lowest BCUT2D eigenvalue weighted by molar-refractivity contribution is -0.398. The van der Waals surface area contributed by atoms with Gasteiger partial charge < -0.3 is 14.4 Å². The van der Waals surface area contributed by atoms with Crippen molar-refractivity contribution in [2.24, 2.45) is 0 Å². The minimum Gasteiger partial charge on any atom is -0.458 e. The summed E-state index contributed by atoms with van der Waals surface area (Å²) >= 11 is 1.69. The summed E-state index contributed by atoms with van der Waals surface area (Å²) in [5.74, 6) is 1.91. The molecule has 0 bridgehead atoms. The van der Waals surface area contributed by atoms with Crippen molar-refractivity contribution in [3.8, 4) is 5.88 Å².